The maximum atomic E-state index is 13.5. The van der Waals surface area contributed by atoms with Crippen molar-refractivity contribution in [3.8, 4) is 0 Å². The molecule has 30 heavy (non-hydrogen) atoms. The summed E-state index contributed by atoms with van der Waals surface area (Å²) in [5, 5.41) is 3.44. The predicted octanol–water partition coefficient (Wildman–Crippen LogP) is 3.85. The van der Waals surface area contributed by atoms with Gasteiger partial charge in [0.15, 0.2) is 0 Å². The average molecular weight is 406 g/mol. The van der Waals surface area contributed by atoms with Gasteiger partial charge >= 0.3 is 0 Å². The molecule has 2 aromatic carbocycles. The second-order valence-corrected chi connectivity index (χ2v) is 7.70. The van der Waals surface area contributed by atoms with E-state index in [1.165, 1.54) is 28.6 Å². The molecule has 2 aromatic heterocycles. The van der Waals surface area contributed by atoms with Crippen molar-refractivity contribution in [2.45, 2.75) is 39.3 Å². The van der Waals surface area contributed by atoms with Gasteiger partial charge in [-0.1, -0.05) is 38.1 Å². The second-order valence-electron chi connectivity index (χ2n) is 7.70. The van der Waals surface area contributed by atoms with Crippen LogP contribution in [0.2, 0.25) is 0 Å². The zero-order valence-corrected chi connectivity index (χ0v) is 16.9. The lowest BCUT2D eigenvalue weighted by Crippen LogP contribution is -2.27. The number of carbonyl (C=O) groups excluding carboxylic acids is 1. The molecular weight excluding hydrogens is 383 g/mol. The third kappa shape index (κ3) is 3.96. The Bertz CT molecular complexity index is 1270. The molecule has 0 atom stereocenters. The van der Waals surface area contributed by atoms with Crippen molar-refractivity contribution < 1.29 is 9.18 Å². The lowest BCUT2D eigenvalue weighted by molar-refractivity contribution is -0.121. The smallest absolute Gasteiger partial charge is 0.277 e. The summed E-state index contributed by atoms with van der Waals surface area (Å²) >= 11 is 0. The van der Waals surface area contributed by atoms with Crippen molar-refractivity contribution >= 4 is 27.8 Å². The van der Waals surface area contributed by atoms with Crippen LogP contribution in [0.25, 0.3) is 21.9 Å². The number of nitrogens with zero attached hydrogens (tertiary/aromatic N) is 2. The summed E-state index contributed by atoms with van der Waals surface area (Å²) in [6, 6.07) is 12.4. The van der Waals surface area contributed by atoms with E-state index in [0.717, 1.165) is 5.56 Å². The van der Waals surface area contributed by atoms with Crippen molar-refractivity contribution in [1.29, 1.82) is 0 Å². The summed E-state index contributed by atoms with van der Waals surface area (Å²) < 4.78 is 14.9. The zero-order valence-electron chi connectivity index (χ0n) is 16.9. The minimum Gasteiger partial charge on any atom is -0.352 e. The maximum Gasteiger partial charge on any atom is 0.277 e. The number of hydrogen-bond donors (Lipinski definition) is 2. The van der Waals surface area contributed by atoms with Gasteiger partial charge in [-0.2, -0.15) is 0 Å². The van der Waals surface area contributed by atoms with Gasteiger partial charge in [0.25, 0.3) is 5.56 Å². The van der Waals surface area contributed by atoms with E-state index in [1.807, 2.05) is 12.1 Å². The van der Waals surface area contributed by atoms with Crippen LogP contribution in [0.15, 0.2) is 53.6 Å². The third-order valence-electron chi connectivity index (χ3n) is 5.25. The van der Waals surface area contributed by atoms with E-state index in [2.05, 4.69) is 41.3 Å². The molecule has 0 radical (unpaired) electrons. The number of amides is 1. The molecule has 0 saturated carbocycles. The highest BCUT2D eigenvalue weighted by atomic mass is 19.1. The Labute approximate surface area is 172 Å². The molecule has 6 nitrogen and oxygen atoms in total. The molecule has 4 aromatic rings. The number of aryl methyl sites for hydroxylation is 1. The minimum absolute atomic E-state index is 0.145. The number of carbonyl (C=O) groups is 1. The van der Waals surface area contributed by atoms with Crippen LogP contribution in [-0.4, -0.2) is 20.4 Å². The van der Waals surface area contributed by atoms with Gasteiger partial charge in [0.2, 0.25) is 5.91 Å². The van der Waals surface area contributed by atoms with E-state index in [-0.39, 0.29) is 30.2 Å². The third-order valence-corrected chi connectivity index (χ3v) is 5.25. The van der Waals surface area contributed by atoms with E-state index in [1.54, 1.807) is 6.07 Å². The zero-order chi connectivity index (χ0) is 21.3. The number of halogens is 1. The maximum absolute atomic E-state index is 13.5. The quantitative estimate of drug-likeness (QED) is 0.510. The number of aromatic nitrogens is 3. The molecular formula is C23H23FN4O2. The second kappa shape index (κ2) is 8.10. The lowest BCUT2D eigenvalue weighted by Gasteiger charge is -2.09. The lowest BCUT2D eigenvalue weighted by atomic mass is 10.0. The number of aromatic amines is 1. The van der Waals surface area contributed by atoms with Gasteiger partial charge in [0.05, 0.1) is 6.33 Å². The van der Waals surface area contributed by atoms with E-state index < -0.39 is 0 Å². The van der Waals surface area contributed by atoms with Gasteiger partial charge in [-0.25, -0.2) is 9.37 Å². The number of benzene rings is 2. The largest absolute Gasteiger partial charge is 0.352 e. The van der Waals surface area contributed by atoms with Crippen LogP contribution >= 0.6 is 0 Å². The molecule has 2 N–H and O–H groups in total. The first-order valence-electron chi connectivity index (χ1n) is 9.94. The molecule has 0 aliphatic heterocycles. The van der Waals surface area contributed by atoms with Crippen LogP contribution in [0.3, 0.4) is 0 Å². The Morgan fingerprint density at radius 1 is 1.20 bits per heavy atom. The first-order valence-corrected chi connectivity index (χ1v) is 9.94. The normalized spacial score (nSPS) is 11.5. The van der Waals surface area contributed by atoms with Crippen LogP contribution in [0.5, 0.6) is 0 Å². The molecule has 0 saturated heterocycles. The Hall–Kier alpha value is -3.48. The SMILES string of the molecule is CC(C)c1ccc(CNC(=O)CCn2cnc3c([nH]c4ccc(F)cc43)c2=O)cc1. The minimum atomic E-state index is -0.384. The number of nitrogens with one attached hydrogen (secondary N) is 2. The van der Waals surface area contributed by atoms with Crippen LogP contribution in [0.1, 0.15) is 37.3 Å². The molecule has 0 unspecified atom stereocenters. The molecule has 4 rings (SSSR count). The van der Waals surface area contributed by atoms with E-state index in [4.69, 9.17) is 0 Å². The summed E-state index contributed by atoms with van der Waals surface area (Å²) in [4.78, 5) is 32.2. The first-order chi connectivity index (χ1) is 14.4. The number of fused-ring (bicyclic) bond motifs is 3. The molecule has 0 bridgehead atoms. The molecule has 2 heterocycles. The summed E-state index contributed by atoms with van der Waals surface area (Å²) in [5.74, 6) is -0.0623. The highest BCUT2D eigenvalue weighted by molar-refractivity contribution is 6.04. The molecule has 0 spiro atoms. The topological polar surface area (TPSA) is 79.8 Å². The summed E-state index contributed by atoms with van der Waals surface area (Å²) in [6.07, 6.45) is 1.56. The average Bonchev–Trinajstić information content (AvgIpc) is 3.10. The Balaban J connectivity index is 1.41. The fourth-order valence-corrected chi connectivity index (χ4v) is 3.45. The predicted molar refractivity (Wildman–Crippen MR) is 115 cm³/mol. The standard InChI is InChI=1S/C23H23FN4O2/c1-14(2)16-5-3-15(4-6-16)12-25-20(29)9-10-28-13-26-21-18-11-17(24)7-8-19(18)27-22(21)23(28)30/h3-8,11,13-14,27H,9-10,12H2,1-2H3,(H,25,29). The molecule has 0 aliphatic carbocycles. The van der Waals surface area contributed by atoms with Crippen LogP contribution in [0.4, 0.5) is 4.39 Å². The number of H-pyrrole nitrogens is 1. The summed E-state index contributed by atoms with van der Waals surface area (Å²) in [7, 11) is 0. The Morgan fingerprint density at radius 2 is 1.97 bits per heavy atom. The monoisotopic (exact) mass is 406 g/mol. The van der Waals surface area contributed by atoms with Gasteiger partial charge < -0.3 is 10.3 Å². The molecule has 1 amide bonds. The molecule has 7 heteroatoms. The van der Waals surface area contributed by atoms with Crippen LogP contribution in [-0.2, 0) is 17.9 Å². The van der Waals surface area contributed by atoms with Crippen LogP contribution < -0.4 is 10.9 Å². The van der Waals surface area contributed by atoms with E-state index >= 15 is 0 Å². The van der Waals surface area contributed by atoms with E-state index in [0.29, 0.717) is 34.4 Å². The van der Waals surface area contributed by atoms with Crippen molar-refractivity contribution in [1.82, 2.24) is 19.9 Å². The van der Waals surface area contributed by atoms with Crippen molar-refractivity contribution in [2.24, 2.45) is 0 Å². The Kier molecular flexibility index (Phi) is 5.35. The van der Waals surface area contributed by atoms with Gasteiger partial charge in [-0.3, -0.25) is 14.2 Å². The van der Waals surface area contributed by atoms with Crippen molar-refractivity contribution in [3.63, 3.8) is 0 Å². The van der Waals surface area contributed by atoms with E-state index in [9.17, 15) is 14.0 Å². The van der Waals surface area contributed by atoms with Gasteiger partial charge in [0, 0.05) is 30.4 Å². The Morgan fingerprint density at radius 3 is 2.70 bits per heavy atom. The highest BCUT2D eigenvalue weighted by Crippen LogP contribution is 2.22. The van der Waals surface area contributed by atoms with Crippen LogP contribution in [0, 0.1) is 5.82 Å². The number of rotatable bonds is 6. The van der Waals surface area contributed by atoms with Gasteiger partial charge in [-0.15, -0.1) is 0 Å². The van der Waals surface area contributed by atoms with Crippen molar-refractivity contribution in [2.75, 3.05) is 0 Å². The first kappa shape index (κ1) is 19.8. The van der Waals surface area contributed by atoms with Crippen molar-refractivity contribution in [3.05, 3.63) is 76.1 Å². The molecule has 0 fully saturated rings. The van der Waals surface area contributed by atoms with Gasteiger partial charge in [-0.05, 0) is 35.2 Å². The summed E-state index contributed by atoms with van der Waals surface area (Å²) in [5.41, 5.74) is 3.39. The number of hydrogen-bond acceptors (Lipinski definition) is 3. The molecule has 154 valence electrons. The fourth-order valence-electron chi connectivity index (χ4n) is 3.45. The highest BCUT2D eigenvalue weighted by Gasteiger charge is 2.12. The van der Waals surface area contributed by atoms with Gasteiger partial charge in [0.1, 0.15) is 16.9 Å². The molecule has 0 aliphatic rings. The summed E-state index contributed by atoms with van der Waals surface area (Å²) in [6.45, 7) is 4.93. The fraction of sp³-hybridized carbons (Fsp3) is 0.261.